The maximum absolute atomic E-state index is 12.5. The summed E-state index contributed by atoms with van der Waals surface area (Å²) in [4.78, 5) is 12.5. The van der Waals surface area contributed by atoms with Gasteiger partial charge in [0.05, 0.1) is 5.60 Å². The Balaban J connectivity index is 1.68. The Morgan fingerprint density at radius 3 is 2.73 bits per heavy atom. The molecule has 3 nitrogen and oxygen atoms in total. The highest BCUT2D eigenvalue weighted by Crippen LogP contribution is 2.46. The summed E-state index contributed by atoms with van der Waals surface area (Å²) in [6.45, 7) is 4.18. The number of carbonyl (C=O) groups is 1. The molecular weight excluding hydrogens is 274 g/mol. The summed E-state index contributed by atoms with van der Waals surface area (Å²) in [5, 5.41) is 14.0. The molecule has 22 heavy (non-hydrogen) atoms. The summed E-state index contributed by atoms with van der Waals surface area (Å²) < 4.78 is 0. The average molecular weight is 301 g/mol. The van der Waals surface area contributed by atoms with E-state index in [4.69, 9.17) is 0 Å². The second kappa shape index (κ2) is 6.04. The monoisotopic (exact) mass is 301 g/mol. The molecule has 0 aliphatic heterocycles. The highest BCUT2D eigenvalue weighted by atomic mass is 16.3. The SMILES string of the molecule is CCC1CC2CC(NC(=O)c3ccccc3C)CC(O)(C1)C2. The van der Waals surface area contributed by atoms with Crippen LogP contribution in [0, 0.1) is 18.8 Å². The first-order valence-corrected chi connectivity index (χ1v) is 8.58. The Morgan fingerprint density at radius 2 is 2.05 bits per heavy atom. The van der Waals surface area contributed by atoms with Crippen LogP contribution in [0.5, 0.6) is 0 Å². The molecule has 2 N–H and O–H groups in total. The first-order valence-electron chi connectivity index (χ1n) is 8.58. The van der Waals surface area contributed by atoms with E-state index in [1.807, 2.05) is 31.2 Å². The standard InChI is InChI=1S/C19H27NO2/c1-3-14-8-15-9-16(12-19(22,10-14)11-15)20-18(21)17-7-5-4-6-13(17)2/h4-7,14-16,22H,3,8-12H2,1-2H3,(H,20,21). The summed E-state index contributed by atoms with van der Waals surface area (Å²) >= 11 is 0. The van der Waals surface area contributed by atoms with Gasteiger partial charge in [-0.1, -0.05) is 31.5 Å². The molecule has 4 atom stereocenters. The molecule has 0 saturated heterocycles. The summed E-state index contributed by atoms with van der Waals surface area (Å²) in [5.74, 6) is 1.20. The zero-order chi connectivity index (χ0) is 15.7. The van der Waals surface area contributed by atoms with Crippen LogP contribution in [0.25, 0.3) is 0 Å². The Labute approximate surface area is 133 Å². The number of nitrogens with one attached hydrogen (secondary N) is 1. The molecule has 1 aromatic rings. The molecule has 2 saturated carbocycles. The fourth-order valence-electron chi connectivity index (χ4n) is 4.60. The molecule has 2 bridgehead atoms. The minimum absolute atomic E-state index is 0.00119. The van der Waals surface area contributed by atoms with Crippen LogP contribution in [0.2, 0.25) is 0 Å². The van der Waals surface area contributed by atoms with Gasteiger partial charge in [0.2, 0.25) is 0 Å². The third-order valence-electron chi connectivity index (χ3n) is 5.55. The van der Waals surface area contributed by atoms with Gasteiger partial charge < -0.3 is 10.4 Å². The first kappa shape index (κ1) is 15.5. The molecule has 120 valence electrons. The number of carbonyl (C=O) groups excluding carboxylic acids is 1. The molecule has 1 aromatic carbocycles. The Morgan fingerprint density at radius 1 is 1.27 bits per heavy atom. The van der Waals surface area contributed by atoms with Crippen molar-refractivity contribution >= 4 is 5.91 Å². The van der Waals surface area contributed by atoms with Gasteiger partial charge in [0.1, 0.15) is 0 Å². The minimum Gasteiger partial charge on any atom is -0.390 e. The van der Waals surface area contributed by atoms with Crippen LogP contribution in [0.3, 0.4) is 0 Å². The second-order valence-corrected chi connectivity index (χ2v) is 7.43. The van der Waals surface area contributed by atoms with Crippen LogP contribution < -0.4 is 5.32 Å². The molecule has 0 aromatic heterocycles. The largest absolute Gasteiger partial charge is 0.390 e. The molecule has 2 aliphatic carbocycles. The van der Waals surface area contributed by atoms with Crippen LogP contribution in [0.1, 0.15) is 61.4 Å². The van der Waals surface area contributed by atoms with Gasteiger partial charge in [0, 0.05) is 11.6 Å². The lowest BCUT2D eigenvalue weighted by Gasteiger charge is -2.48. The third kappa shape index (κ3) is 3.19. The molecule has 3 rings (SSSR count). The van der Waals surface area contributed by atoms with Crippen LogP contribution in [0.15, 0.2) is 24.3 Å². The van der Waals surface area contributed by atoms with E-state index in [9.17, 15) is 9.90 Å². The van der Waals surface area contributed by atoms with Crippen molar-refractivity contribution in [3.8, 4) is 0 Å². The number of fused-ring (bicyclic) bond motifs is 2. The van der Waals surface area contributed by atoms with Crippen LogP contribution in [-0.4, -0.2) is 22.7 Å². The van der Waals surface area contributed by atoms with E-state index in [-0.39, 0.29) is 11.9 Å². The predicted molar refractivity (Wildman–Crippen MR) is 87.7 cm³/mol. The smallest absolute Gasteiger partial charge is 0.251 e. The summed E-state index contributed by atoms with van der Waals surface area (Å²) in [7, 11) is 0. The molecule has 0 heterocycles. The second-order valence-electron chi connectivity index (χ2n) is 7.43. The van der Waals surface area contributed by atoms with Gasteiger partial charge in [-0.05, 0) is 62.5 Å². The molecule has 1 amide bonds. The third-order valence-corrected chi connectivity index (χ3v) is 5.55. The van der Waals surface area contributed by atoms with Crippen molar-refractivity contribution in [1.29, 1.82) is 0 Å². The van der Waals surface area contributed by atoms with Crippen molar-refractivity contribution in [3.63, 3.8) is 0 Å². The number of hydrogen-bond donors (Lipinski definition) is 2. The summed E-state index contributed by atoms with van der Waals surface area (Å²) in [5.41, 5.74) is 1.18. The molecule has 4 unspecified atom stereocenters. The van der Waals surface area contributed by atoms with Gasteiger partial charge in [-0.25, -0.2) is 0 Å². The van der Waals surface area contributed by atoms with Gasteiger partial charge in [0.25, 0.3) is 5.91 Å². The van der Waals surface area contributed by atoms with Crippen LogP contribution >= 0.6 is 0 Å². The van der Waals surface area contributed by atoms with Gasteiger partial charge in [-0.15, -0.1) is 0 Å². The quantitative estimate of drug-likeness (QED) is 0.898. The zero-order valence-electron chi connectivity index (χ0n) is 13.6. The van der Waals surface area contributed by atoms with E-state index < -0.39 is 5.60 Å². The minimum atomic E-state index is -0.564. The lowest BCUT2D eigenvalue weighted by atomic mass is 9.63. The van der Waals surface area contributed by atoms with Crippen molar-refractivity contribution in [1.82, 2.24) is 5.32 Å². The first-order chi connectivity index (χ1) is 10.5. The maximum atomic E-state index is 12.5. The molecule has 0 spiro atoms. The molecule has 3 heteroatoms. The predicted octanol–water partition coefficient (Wildman–Crippen LogP) is 3.44. The van der Waals surface area contributed by atoms with E-state index in [1.54, 1.807) is 0 Å². The number of aliphatic hydroxyl groups is 1. The lowest BCUT2D eigenvalue weighted by molar-refractivity contribution is -0.0764. The van der Waals surface area contributed by atoms with Gasteiger partial charge in [0.15, 0.2) is 0 Å². The maximum Gasteiger partial charge on any atom is 0.251 e. The van der Waals surface area contributed by atoms with E-state index in [0.29, 0.717) is 18.3 Å². The zero-order valence-corrected chi connectivity index (χ0v) is 13.6. The summed E-state index contributed by atoms with van der Waals surface area (Å²) in [6, 6.07) is 7.79. The topological polar surface area (TPSA) is 49.3 Å². The number of aryl methyl sites for hydroxylation is 1. The van der Waals surface area contributed by atoms with Crippen molar-refractivity contribution in [2.45, 2.75) is 64.0 Å². The normalized spacial score (nSPS) is 34.2. The number of rotatable bonds is 3. The molecule has 2 fully saturated rings. The van der Waals surface area contributed by atoms with E-state index in [1.165, 1.54) is 6.42 Å². The Bertz CT molecular complexity index is 556. The molecular formula is C19H27NO2. The fourth-order valence-corrected chi connectivity index (χ4v) is 4.60. The number of benzene rings is 1. The Hall–Kier alpha value is -1.35. The number of amides is 1. The van der Waals surface area contributed by atoms with E-state index >= 15 is 0 Å². The van der Waals surface area contributed by atoms with Crippen LogP contribution in [-0.2, 0) is 0 Å². The van der Waals surface area contributed by atoms with Gasteiger partial charge >= 0.3 is 0 Å². The average Bonchev–Trinajstić information content (AvgIpc) is 2.45. The van der Waals surface area contributed by atoms with Gasteiger partial charge in [-0.2, -0.15) is 0 Å². The van der Waals surface area contributed by atoms with E-state index in [0.717, 1.165) is 36.8 Å². The van der Waals surface area contributed by atoms with E-state index in [2.05, 4.69) is 12.2 Å². The van der Waals surface area contributed by atoms with Gasteiger partial charge in [-0.3, -0.25) is 4.79 Å². The van der Waals surface area contributed by atoms with Crippen molar-refractivity contribution in [2.24, 2.45) is 11.8 Å². The summed E-state index contributed by atoms with van der Waals surface area (Å²) in [6.07, 6.45) is 5.89. The Kier molecular flexibility index (Phi) is 4.26. The molecule has 0 radical (unpaired) electrons. The highest BCUT2D eigenvalue weighted by molar-refractivity contribution is 5.95. The van der Waals surface area contributed by atoms with Crippen LogP contribution in [0.4, 0.5) is 0 Å². The van der Waals surface area contributed by atoms with Crippen molar-refractivity contribution < 1.29 is 9.90 Å². The van der Waals surface area contributed by atoms with Crippen molar-refractivity contribution in [2.75, 3.05) is 0 Å². The fraction of sp³-hybridized carbons (Fsp3) is 0.632. The van der Waals surface area contributed by atoms with Crippen molar-refractivity contribution in [3.05, 3.63) is 35.4 Å². The highest BCUT2D eigenvalue weighted by Gasteiger charge is 2.45. The number of hydrogen-bond acceptors (Lipinski definition) is 2. The molecule has 2 aliphatic rings. The lowest BCUT2D eigenvalue weighted by Crippen LogP contribution is -2.52.